The van der Waals surface area contributed by atoms with Gasteiger partial charge in [0, 0.05) is 35.6 Å². The van der Waals surface area contributed by atoms with Crippen molar-refractivity contribution in [1.82, 2.24) is 9.78 Å². The lowest BCUT2D eigenvalue weighted by Gasteiger charge is -2.14. The highest BCUT2D eigenvalue weighted by Crippen LogP contribution is 2.22. The van der Waals surface area contributed by atoms with Crippen LogP contribution in [0.5, 0.6) is 0 Å². The monoisotopic (exact) mass is 426 g/mol. The predicted molar refractivity (Wildman–Crippen MR) is 114 cm³/mol. The third-order valence-electron chi connectivity index (χ3n) is 4.57. The number of rotatable bonds is 6. The Balaban J connectivity index is 1.71. The number of carbonyl (C=O) groups excluding carboxylic acids is 2. The summed E-state index contributed by atoms with van der Waals surface area (Å²) >= 11 is 0. The highest BCUT2D eigenvalue weighted by molar-refractivity contribution is 7.90. The molecule has 8 nitrogen and oxygen atoms in total. The molecule has 0 aliphatic heterocycles. The first-order valence-electron chi connectivity index (χ1n) is 9.17. The van der Waals surface area contributed by atoms with Crippen LogP contribution in [0.15, 0.2) is 65.8 Å². The zero-order valence-electron chi connectivity index (χ0n) is 16.8. The average molecular weight is 426 g/mol. The van der Waals surface area contributed by atoms with Crippen LogP contribution in [0.25, 0.3) is 0 Å². The van der Waals surface area contributed by atoms with Gasteiger partial charge in [0.1, 0.15) is 6.04 Å². The van der Waals surface area contributed by atoms with Crippen molar-refractivity contribution in [3.05, 3.63) is 72.1 Å². The van der Waals surface area contributed by atoms with Crippen LogP contribution in [-0.2, 0) is 14.6 Å². The topological polar surface area (TPSA) is 110 Å². The second kappa shape index (κ2) is 8.50. The van der Waals surface area contributed by atoms with Gasteiger partial charge < -0.3 is 10.6 Å². The number of aromatic nitrogens is 2. The molecule has 0 saturated carbocycles. The van der Waals surface area contributed by atoms with E-state index in [-0.39, 0.29) is 16.4 Å². The van der Waals surface area contributed by atoms with E-state index in [1.165, 1.54) is 18.2 Å². The van der Waals surface area contributed by atoms with E-state index in [1.807, 2.05) is 0 Å². The molecular formula is C21H22N4O4S. The molecule has 0 fully saturated rings. The summed E-state index contributed by atoms with van der Waals surface area (Å²) < 4.78 is 25.0. The van der Waals surface area contributed by atoms with Gasteiger partial charge in [-0.05, 0) is 61.9 Å². The van der Waals surface area contributed by atoms with Crippen LogP contribution >= 0.6 is 0 Å². The fraction of sp³-hybridized carbons (Fsp3) is 0.190. The maximum absolute atomic E-state index is 12.5. The van der Waals surface area contributed by atoms with Crippen molar-refractivity contribution in [3.8, 4) is 0 Å². The lowest BCUT2D eigenvalue weighted by atomic mass is 10.1. The van der Waals surface area contributed by atoms with E-state index >= 15 is 0 Å². The number of carbonyl (C=O) groups is 2. The lowest BCUT2D eigenvalue weighted by Crippen LogP contribution is -2.24. The van der Waals surface area contributed by atoms with Gasteiger partial charge in [-0.15, -0.1) is 0 Å². The highest BCUT2D eigenvalue weighted by Gasteiger charge is 2.16. The number of benzene rings is 2. The fourth-order valence-electron chi connectivity index (χ4n) is 2.82. The quantitative estimate of drug-likeness (QED) is 0.629. The molecule has 1 aromatic heterocycles. The van der Waals surface area contributed by atoms with E-state index in [2.05, 4.69) is 15.7 Å². The normalized spacial score (nSPS) is 12.2. The van der Waals surface area contributed by atoms with Gasteiger partial charge >= 0.3 is 0 Å². The van der Waals surface area contributed by atoms with Gasteiger partial charge in [-0.25, -0.2) is 8.42 Å². The Morgan fingerprint density at radius 2 is 1.83 bits per heavy atom. The van der Waals surface area contributed by atoms with Gasteiger partial charge in [-0.3, -0.25) is 14.3 Å². The summed E-state index contributed by atoms with van der Waals surface area (Å²) in [6.07, 6.45) is 4.42. The Morgan fingerprint density at radius 1 is 1.07 bits per heavy atom. The minimum Gasteiger partial charge on any atom is -0.324 e. The molecule has 0 bridgehead atoms. The fourth-order valence-corrected chi connectivity index (χ4v) is 3.49. The molecule has 0 aliphatic rings. The zero-order valence-corrected chi connectivity index (χ0v) is 17.6. The van der Waals surface area contributed by atoms with Crippen LogP contribution in [0, 0.1) is 6.92 Å². The number of anilines is 2. The van der Waals surface area contributed by atoms with Crippen molar-refractivity contribution in [3.63, 3.8) is 0 Å². The van der Waals surface area contributed by atoms with Gasteiger partial charge in [0.2, 0.25) is 5.91 Å². The van der Waals surface area contributed by atoms with Gasteiger partial charge in [0.15, 0.2) is 9.84 Å². The van der Waals surface area contributed by atoms with Crippen molar-refractivity contribution in [2.45, 2.75) is 24.8 Å². The minimum absolute atomic E-state index is 0.0798. The molecule has 1 unspecified atom stereocenters. The van der Waals surface area contributed by atoms with Crippen LogP contribution in [-0.4, -0.2) is 36.3 Å². The lowest BCUT2D eigenvalue weighted by molar-refractivity contribution is -0.119. The molecule has 1 heterocycles. The van der Waals surface area contributed by atoms with E-state index in [1.54, 1.807) is 61.3 Å². The molecule has 0 saturated heterocycles. The Hall–Kier alpha value is -3.46. The van der Waals surface area contributed by atoms with Crippen LogP contribution in [0.1, 0.15) is 28.9 Å². The molecule has 30 heavy (non-hydrogen) atoms. The second-order valence-corrected chi connectivity index (χ2v) is 8.95. The van der Waals surface area contributed by atoms with Crippen molar-refractivity contribution in [1.29, 1.82) is 0 Å². The molecule has 2 N–H and O–H groups in total. The number of hydrogen-bond acceptors (Lipinski definition) is 5. The van der Waals surface area contributed by atoms with E-state index in [4.69, 9.17) is 0 Å². The SMILES string of the molecule is Cc1cc(NC(=O)C(C)n2cccn2)ccc1NC(=O)c1cccc(S(C)(=O)=O)c1. The molecule has 0 radical (unpaired) electrons. The average Bonchev–Trinajstić information content (AvgIpc) is 3.23. The molecule has 2 amide bonds. The number of aryl methyl sites for hydroxylation is 1. The van der Waals surface area contributed by atoms with Crippen LogP contribution in [0.2, 0.25) is 0 Å². The molecule has 0 aliphatic carbocycles. The summed E-state index contributed by atoms with van der Waals surface area (Å²) in [5, 5.41) is 9.66. The van der Waals surface area contributed by atoms with Gasteiger partial charge in [-0.2, -0.15) is 5.10 Å². The number of nitrogens with zero attached hydrogens (tertiary/aromatic N) is 2. The smallest absolute Gasteiger partial charge is 0.255 e. The number of sulfone groups is 1. The number of nitrogens with one attached hydrogen (secondary N) is 2. The molecule has 1 atom stereocenters. The maximum Gasteiger partial charge on any atom is 0.255 e. The van der Waals surface area contributed by atoms with E-state index in [0.717, 1.165) is 11.8 Å². The molecule has 0 spiro atoms. The van der Waals surface area contributed by atoms with Gasteiger partial charge in [0.05, 0.1) is 4.90 Å². The zero-order chi connectivity index (χ0) is 21.9. The van der Waals surface area contributed by atoms with Crippen molar-refractivity contribution < 1.29 is 18.0 Å². The van der Waals surface area contributed by atoms with Crippen molar-refractivity contribution in [2.75, 3.05) is 16.9 Å². The summed E-state index contributed by atoms with van der Waals surface area (Å²) in [7, 11) is -3.41. The van der Waals surface area contributed by atoms with Gasteiger partial charge in [0.25, 0.3) is 5.91 Å². The molecule has 9 heteroatoms. The molecular weight excluding hydrogens is 404 g/mol. The summed E-state index contributed by atoms with van der Waals surface area (Å²) in [5.74, 6) is -0.639. The third-order valence-corrected chi connectivity index (χ3v) is 5.68. The maximum atomic E-state index is 12.5. The first kappa shape index (κ1) is 21.3. The second-order valence-electron chi connectivity index (χ2n) is 6.94. The van der Waals surface area contributed by atoms with Gasteiger partial charge in [-0.1, -0.05) is 6.07 Å². The van der Waals surface area contributed by atoms with Crippen LogP contribution in [0.4, 0.5) is 11.4 Å². The molecule has 3 aromatic rings. The Bertz CT molecular complexity index is 1190. The predicted octanol–water partition coefficient (Wildman–Crippen LogP) is 3.05. The van der Waals surface area contributed by atoms with E-state index < -0.39 is 21.8 Å². The first-order chi connectivity index (χ1) is 14.1. The first-order valence-corrected chi connectivity index (χ1v) is 11.1. The summed E-state index contributed by atoms with van der Waals surface area (Å²) in [4.78, 5) is 25.0. The van der Waals surface area contributed by atoms with Crippen molar-refractivity contribution >= 4 is 33.0 Å². The van der Waals surface area contributed by atoms with Crippen molar-refractivity contribution in [2.24, 2.45) is 0 Å². The van der Waals surface area contributed by atoms with E-state index in [0.29, 0.717) is 11.4 Å². The van der Waals surface area contributed by atoms with Crippen LogP contribution < -0.4 is 10.6 Å². The third kappa shape index (κ3) is 4.93. The summed E-state index contributed by atoms with van der Waals surface area (Å²) in [5.41, 5.74) is 2.13. The Kier molecular flexibility index (Phi) is 6.02. The Labute approximate surface area is 174 Å². The minimum atomic E-state index is -3.41. The molecule has 2 aromatic carbocycles. The number of amides is 2. The molecule has 3 rings (SSSR count). The highest BCUT2D eigenvalue weighted by atomic mass is 32.2. The Morgan fingerprint density at radius 3 is 2.47 bits per heavy atom. The largest absolute Gasteiger partial charge is 0.324 e. The van der Waals surface area contributed by atoms with E-state index in [9.17, 15) is 18.0 Å². The summed E-state index contributed by atoms with van der Waals surface area (Å²) in [6.45, 7) is 3.55. The summed E-state index contributed by atoms with van der Waals surface area (Å²) in [6, 6.07) is 12.2. The standard InChI is InChI=1S/C21H22N4O4S/c1-14-12-17(23-20(26)15(2)25-11-5-10-22-25)8-9-19(14)24-21(27)16-6-4-7-18(13-16)30(3,28)29/h4-13,15H,1-3H3,(H,23,26)(H,24,27). The number of hydrogen-bond donors (Lipinski definition) is 2. The van der Waals surface area contributed by atoms with Crippen LogP contribution in [0.3, 0.4) is 0 Å². The molecule has 156 valence electrons.